The predicted molar refractivity (Wildman–Crippen MR) is 109 cm³/mol. The molecule has 1 aliphatic heterocycles. The van der Waals surface area contributed by atoms with Crippen LogP contribution >= 0.6 is 0 Å². The largest absolute Gasteiger partial charge is 0.497 e. The highest BCUT2D eigenvalue weighted by Crippen LogP contribution is 2.36. The van der Waals surface area contributed by atoms with Gasteiger partial charge in [0.15, 0.2) is 0 Å². The zero-order valence-corrected chi connectivity index (χ0v) is 16.6. The summed E-state index contributed by atoms with van der Waals surface area (Å²) in [7, 11) is 1.65. The van der Waals surface area contributed by atoms with Crippen LogP contribution in [-0.4, -0.2) is 36.9 Å². The van der Waals surface area contributed by atoms with Crippen molar-refractivity contribution in [2.75, 3.05) is 20.2 Å². The maximum Gasteiger partial charge on any atom is 0.225 e. The molecule has 3 rings (SSSR count). The van der Waals surface area contributed by atoms with Gasteiger partial charge >= 0.3 is 0 Å². The molecular weight excluding hydrogens is 352 g/mol. The third-order valence-electron chi connectivity index (χ3n) is 5.37. The molecule has 0 aromatic heterocycles. The first-order chi connectivity index (χ1) is 13.6. The van der Waals surface area contributed by atoms with Crippen LogP contribution in [0.4, 0.5) is 0 Å². The molecule has 0 unspecified atom stereocenters. The first kappa shape index (κ1) is 19.9. The van der Waals surface area contributed by atoms with Gasteiger partial charge in [-0.1, -0.05) is 42.5 Å². The smallest absolute Gasteiger partial charge is 0.225 e. The molecule has 2 atom stereocenters. The van der Waals surface area contributed by atoms with Crippen molar-refractivity contribution in [2.45, 2.75) is 32.2 Å². The minimum Gasteiger partial charge on any atom is -0.497 e. The number of ether oxygens (including phenoxy) is 1. The van der Waals surface area contributed by atoms with Crippen molar-refractivity contribution in [2.24, 2.45) is 5.92 Å². The molecule has 0 saturated carbocycles. The van der Waals surface area contributed by atoms with E-state index in [1.807, 2.05) is 66.4 Å². The number of piperidine rings is 1. The lowest BCUT2D eigenvalue weighted by atomic mass is 9.83. The molecule has 2 amide bonds. The molecule has 2 aromatic rings. The Morgan fingerprint density at radius 3 is 2.68 bits per heavy atom. The van der Waals surface area contributed by atoms with Gasteiger partial charge in [0, 0.05) is 19.5 Å². The average molecular weight is 380 g/mol. The van der Waals surface area contributed by atoms with Crippen molar-refractivity contribution >= 4 is 11.8 Å². The summed E-state index contributed by atoms with van der Waals surface area (Å²) < 4.78 is 5.25. The number of hydrogen-bond donors (Lipinski definition) is 1. The number of nitrogens with zero attached hydrogens (tertiary/aromatic N) is 1. The average Bonchev–Trinajstić information content (AvgIpc) is 2.74. The van der Waals surface area contributed by atoms with E-state index in [1.54, 1.807) is 7.11 Å². The van der Waals surface area contributed by atoms with E-state index < -0.39 is 0 Å². The van der Waals surface area contributed by atoms with Gasteiger partial charge in [0.2, 0.25) is 11.8 Å². The third kappa shape index (κ3) is 4.53. The van der Waals surface area contributed by atoms with E-state index in [0.717, 1.165) is 23.3 Å². The highest BCUT2D eigenvalue weighted by Gasteiger charge is 2.39. The molecule has 0 bridgehead atoms. The molecule has 0 aliphatic carbocycles. The molecule has 5 nitrogen and oxygen atoms in total. The van der Waals surface area contributed by atoms with Crippen LogP contribution in [0.1, 0.15) is 36.9 Å². The Morgan fingerprint density at radius 2 is 1.96 bits per heavy atom. The van der Waals surface area contributed by atoms with Crippen LogP contribution in [0.5, 0.6) is 5.75 Å². The van der Waals surface area contributed by atoms with Gasteiger partial charge in [-0.2, -0.15) is 0 Å². The lowest BCUT2D eigenvalue weighted by Gasteiger charge is -2.40. The minimum atomic E-state index is -0.231. The van der Waals surface area contributed by atoms with Gasteiger partial charge < -0.3 is 15.0 Å². The van der Waals surface area contributed by atoms with Crippen molar-refractivity contribution in [3.8, 4) is 5.75 Å². The molecule has 1 aliphatic rings. The molecule has 1 heterocycles. The molecule has 0 spiro atoms. The SMILES string of the molecule is CCN1C(=O)CC[C@@H](C(=O)NCCc2cccc(OC)c2)[C@@H]1c1ccccc1. The maximum atomic E-state index is 13.0. The van der Waals surface area contributed by atoms with Crippen LogP contribution in [0.2, 0.25) is 0 Å². The van der Waals surface area contributed by atoms with Gasteiger partial charge in [-0.3, -0.25) is 9.59 Å². The molecular formula is C23H28N2O3. The zero-order chi connectivity index (χ0) is 19.9. The number of benzene rings is 2. The summed E-state index contributed by atoms with van der Waals surface area (Å²) in [6, 6.07) is 17.5. The van der Waals surface area contributed by atoms with Crippen LogP contribution in [0.3, 0.4) is 0 Å². The summed E-state index contributed by atoms with van der Waals surface area (Å²) in [6.45, 7) is 3.13. The third-order valence-corrected chi connectivity index (χ3v) is 5.37. The number of rotatable bonds is 7. The van der Waals surface area contributed by atoms with Crippen molar-refractivity contribution in [1.82, 2.24) is 10.2 Å². The van der Waals surface area contributed by atoms with E-state index in [2.05, 4.69) is 5.32 Å². The summed E-state index contributed by atoms with van der Waals surface area (Å²) >= 11 is 0. The van der Waals surface area contributed by atoms with Gasteiger partial charge in [0.25, 0.3) is 0 Å². The second kappa shape index (κ2) is 9.40. The van der Waals surface area contributed by atoms with E-state index in [4.69, 9.17) is 4.74 Å². The fourth-order valence-electron chi connectivity index (χ4n) is 3.95. The van der Waals surface area contributed by atoms with E-state index in [0.29, 0.717) is 25.9 Å². The molecule has 2 aromatic carbocycles. The molecule has 28 heavy (non-hydrogen) atoms. The van der Waals surface area contributed by atoms with Crippen LogP contribution in [0, 0.1) is 5.92 Å². The number of hydrogen-bond acceptors (Lipinski definition) is 3. The molecule has 1 fully saturated rings. The maximum absolute atomic E-state index is 13.0. The number of carbonyl (C=O) groups is 2. The number of nitrogens with one attached hydrogen (secondary N) is 1. The second-order valence-electron chi connectivity index (χ2n) is 7.07. The van der Waals surface area contributed by atoms with Gasteiger partial charge in [-0.25, -0.2) is 0 Å². The standard InChI is InChI=1S/C23H28N2O3/c1-3-25-21(26)13-12-20(22(25)18-9-5-4-6-10-18)23(27)24-15-14-17-8-7-11-19(16-17)28-2/h4-11,16,20,22H,3,12-15H2,1-2H3,(H,24,27)/t20-,22+/m1/s1. The van der Waals surface area contributed by atoms with Gasteiger partial charge in [-0.05, 0) is 43.0 Å². The van der Waals surface area contributed by atoms with Crippen LogP contribution in [0.15, 0.2) is 54.6 Å². The Morgan fingerprint density at radius 1 is 1.18 bits per heavy atom. The zero-order valence-electron chi connectivity index (χ0n) is 16.6. The van der Waals surface area contributed by atoms with Crippen LogP contribution in [-0.2, 0) is 16.0 Å². The number of likely N-dealkylation sites (tertiary alicyclic amines) is 1. The van der Waals surface area contributed by atoms with Gasteiger partial charge in [0.05, 0.1) is 19.1 Å². The van der Waals surface area contributed by atoms with Crippen molar-refractivity contribution in [1.29, 1.82) is 0 Å². The van der Waals surface area contributed by atoms with E-state index in [-0.39, 0.29) is 23.8 Å². The van der Waals surface area contributed by atoms with E-state index in [1.165, 1.54) is 0 Å². The summed E-state index contributed by atoms with van der Waals surface area (Å²) in [5.41, 5.74) is 2.14. The monoisotopic (exact) mass is 380 g/mol. The van der Waals surface area contributed by atoms with Crippen molar-refractivity contribution < 1.29 is 14.3 Å². The number of methoxy groups -OCH3 is 1. The molecule has 1 saturated heterocycles. The minimum absolute atomic E-state index is 0.0164. The van der Waals surface area contributed by atoms with Crippen molar-refractivity contribution in [3.63, 3.8) is 0 Å². The Kier molecular flexibility index (Phi) is 6.69. The van der Waals surface area contributed by atoms with E-state index >= 15 is 0 Å². The molecule has 1 N–H and O–H groups in total. The normalized spacial score (nSPS) is 19.4. The van der Waals surface area contributed by atoms with Gasteiger partial charge in [-0.15, -0.1) is 0 Å². The molecule has 0 radical (unpaired) electrons. The Labute approximate surface area is 166 Å². The molecule has 148 valence electrons. The van der Waals surface area contributed by atoms with Crippen molar-refractivity contribution in [3.05, 3.63) is 65.7 Å². The summed E-state index contributed by atoms with van der Waals surface area (Å²) in [6.07, 6.45) is 1.74. The summed E-state index contributed by atoms with van der Waals surface area (Å²) in [4.78, 5) is 27.2. The fourth-order valence-corrected chi connectivity index (χ4v) is 3.95. The number of amides is 2. The Hall–Kier alpha value is -2.82. The first-order valence-electron chi connectivity index (χ1n) is 9.89. The van der Waals surface area contributed by atoms with Crippen LogP contribution in [0.25, 0.3) is 0 Å². The highest BCUT2D eigenvalue weighted by atomic mass is 16.5. The lowest BCUT2D eigenvalue weighted by Crippen LogP contribution is -2.48. The second-order valence-corrected chi connectivity index (χ2v) is 7.07. The fraction of sp³-hybridized carbons (Fsp3) is 0.391. The summed E-state index contributed by atoms with van der Waals surface area (Å²) in [5.74, 6) is 0.724. The lowest BCUT2D eigenvalue weighted by molar-refractivity contribution is -0.143. The predicted octanol–water partition coefficient (Wildman–Crippen LogP) is 3.35. The molecule has 5 heteroatoms. The first-order valence-corrected chi connectivity index (χ1v) is 9.89. The summed E-state index contributed by atoms with van der Waals surface area (Å²) in [5, 5.41) is 3.08. The quantitative estimate of drug-likeness (QED) is 0.801. The van der Waals surface area contributed by atoms with Crippen LogP contribution < -0.4 is 10.1 Å². The Bertz CT molecular complexity index is 807. The van der Waals surface area contributed by atoms with E-state index in [9.17, 15) is 9.59 Å². The van der Waals surface area contributed by atoms with Gasteiger partial charge in [0.1, 0.15) is 5.75 Å². The number of carbonyl (C=O) groups excluding carboxylic acids is 2. The highest BCUT2D eigenvalue weighted by molar-refractivity contribution is 5.85. The topological polar surface area (TPSA) is 58.6 Å². The Balaban J connectivity index is 1.68.